The van der Waals surface area contributed by atoms with Crippen LogP contribution in [0.2, 0.25) is 0 Å². The SMILES string of the molecule is CC[C@]12COCCN1c1nc(-c3cccnc3-c3ccccc3)ncc1-n1c(C)nnc12. The number of fused-ring (bicyclic) bond motifs is 6. The van der Waals surface area contributed by atoms with Crippen molar-refractivity contribution >= 4 is 5.82 Å². The molecule has 1 fully saturated rings. The van der Waals surface area contributed by atoms with E-state index in [0.29, 0.717) is 19.0 Å². The number of ether oxygens (including phenoxy) is 1. The normalized spacial score (nSPS) is 19.2. The Bertz CT molecular complexity index is 1300. The molecule has 0 saturated carbocycles. The number of rotatable bonds is 3. The molecule has 0 N–H and O–H groups in total. The Labute approximate surface area is 186 Å². The molecule has 3 aromatic heterocycles. The van der Waals surface area contributed by atoms with Gasteiger partial charge in [-0.15, -0.1) is 10.2 Å². The summed E-state index contributed by atoms with van der Waals surface area (Å²) in [5, 5.41) is 8.92. The number of aryl methyl sites for hydroxylation is 1. The second kappa shape index (κ2) is 7.20. The third kappa shape index (κ3) is 2.62. The van der Waals surface area contributed by atoms with Gasteiger partial charge in [-0.3, -0.25) is 9.55 Å². The predicted molar refractivity (Wildman–Crippen MR) is 120 cm³/mol. The van der Waals surface area contributed by atoms with Crippen molar-refractivity contribution in [1.29, 1.82) is 0 Å². The minimum absolute atomic E-state index is 0.394. The molecule has 2 aliphatic rings. The summed E-state index contributed by atoms with van der Waals surface area (Å²) in [5.41, 5.74) is 3.32. The summed E-state index contributed by atoms with van der Waals surface area (Å²) in [5.74, 6) is 3.26. The van der Waals surface area contributed by atoms with Gasteiger partial charge in [0.25, 0.3) is 0 Å². The molecule has 32 heavy (non-hydrogen) atoms. The minimum Gasteiger partial charge on any atom is -0.377 e. The Hall–Kier alpha value is -3.65. The van der Waals surface area contributed by atoms with Crippen molar-refractivity contribution in [1.82, 2.24) is 29.7 Å². The van der Waals surface area contributed by atoms with Gasteiger partial charge in [0.2, 0.25) is 0 Å². The van der Waals surface area contributed by atoms with Crippen LogP contribution in [-0.4, -0.2) is 49.5 Å². The molecule has 4 aromatic rings. The van der Waals surface area contributed by atoms with Gasteiger partial charge in [-0.25, -0.2) is 9.97 Å². The highest BCUT2D eigenvalue weighted by atomic mass is 16.5. The molecule has 8 heteroatoms. The molecule has 8 nitrogen and oxygen atoms in total. The van der Waals surface area contributed by atoms with E-state index < -0.39 is 5.54 Å². The first-order chi connectivity index (χ1) is 15.7. The molecule has 1 saturated heterocycles. The van der Waals surface area contributed by atoms with E-state index in [4.69, 9.17) is 14.7 Å². The van der Waals surface area contributed by atoms with Crippen LogP contribution in [0, 0.1) is 6.92 Å². The van der Waals surface area contributed by atoms with E-state index in [-0.39, 0.29) is 0 Å². The number of anilines is 1. The van der Waals surface area contributed by atoms with Crippen molar-refractivity contribution in [2.75, 3.05) is 24.7 Å². The van der Waals surface area contributed by atoms with E-state index in [2.05, 4.69) is 43.7 Å². The highest BCUT2D eigenvalue weighted by Crippen LogP contribution is 2.45. The van der Waals surface area contributed by atoms with E-state index in [0.717, 1.165) is 52.9 Å². The maximum atomic E-state index is 5.93. The van der Waals surface area contributed by atoms with Gasteiger partial charge in [-0.2, -0.15) is 0 Å². The lowest BCUT2D eigenvalue weighted by Gasteiger charge is -2.49. The fourth-order valence-electron chi connectivity index (χ4n) is 4.85. The largest absolute Gasteiger partial charge is 0.377 e. The van der Waals surface area contributed by atoms with Crippen LogP contribution in [-0.2, 0) is 10.3 Å². The van der Waals surface area contributed by atoms with Gasteiger partial charge >= 0.3 is 0 Å². The second-order valence-corrected chi connectivity index (χ2v) is 8.16. The third-order valence-electron chi connectivity index (χ3n) is 6.49. The average molecular weight is 425 g/mol. The summed E-state index contributed by atoms with van der Waals surface area (Å²) in [6.45, 7) is 6.07. The van der Waals surface area contributed by atoms with Crippen molar-refractivity contribution in [3.05, 3.63) is 66.5 Å². The molecular formula is C24H23N7O. The maximum absolute atomic E-state index is 5.93. The van der Waals surface area contributed by atoms with Crippen LogP contribution in [0.5, 0.6) is 0 Å². The lowest BCUT2D eigenvalue weighted by molar-refractivity contribution is 0.0390. The van der Waals surface area contributed by atoms with Crippen molar-refractivity contribution in [2.45, 2.75) is 25.8 Å². The number of nitrogens with zero attached hydrogens (tertiary/aromatic N) is 7. The number of aromatic nitrogens is 6. The Morgan fingerprint density at radius 1 is 1.06 bits per heavy atom. The smallest absolute Gasteiger partial charge is 0.166 e. The van der Waals surface area contributed by atoms with Gasteiger partial charge in [0.1, 0.15) is 17.1 Å². The zero-order chi connectivity index (χ0) is 21.7. The number of hydrogen-bond donors (Lipinski definition) is 0. The highest BCUT2D eigenvalue weighted by molar-refractivity contribution is 5.78. The van der Waals surface area contributed by atoms with Crippen LogP contribution in [0.3, 0.4) is 0 Å². The lowest BCUT2D eigenvalue weighted by Crippen LogP contribution is -2.58. The number of morpholine rings is 1. The monoisotopic (exact) mass is 425 g/mol. The minimum atomic E-state index is -0.394. The van der Waals surface area contributed by atoms with E-state index in [1.807, 2.05) is 43.5 Å². The van der Waals surface area contributed by atoms with Gasteiger partial charge in [-0.05, 0) is 25.5 Å². The Morgan fingerprint density at radius 3 is 2.78 bits per heavy atom. The second-order valence-electron chi connectivity index (χ2n) is 8.16. The van der Waals surface area contributed by atoms with E-state index >= 15 is 0 Å². The Kier molecular flexibility index (Phi) is 4.29. The highest BCUT2D eigenvalue weighted by Gasteiger charge is 2.49. The topological polar surface area (TPSA) is 81.9 Å². The number of benzene rings is 1. The molecule has 0 spiro atoms. The standard InChI is InChI=1S/C24H23N7O/c1-3-24-15-32-13-12-30(24)22-19(31-16(2)28-29-23(24)31)14-26-21(27-22)18-10-7-11-25-20(18)17-8-5-4-6-9-17/h4-11,14H,3,12-13,15H2,1-2H3/t24-/m1/s1. The quantitative estimate of drug-likeness (QED) is 0.496. The zero-order valence-corrected chi connectivity index (χ0v) is 18.1. The molecule has 1 aromatic carbocycles. The number of hydrogen-bond acceptors (Lipinski definition) is 7. The first kappa shape index (κ1) is 19.1. The van der Waals surface area contributed by atoms with E-state index in [1.54, 1.807) is 6.20 Å². The number of pyridine rings is 1. The van der Waals surface area contributed by atoms with Crippen LogP contribution in [0.4, 0.5) is 5.82 Å². The van der Waals surface area contributed by atoms with Crippen LogP contribution < -0.4 is 4.90 Å². The molecule has 1 atom stereocenters. The molecule has 0 unspecified atom stereocenters. The fourth-order valence-corrected chi connectivity index (χ4v) is 4.85. The van der Waals surface area contributed by atoms with Gasteiger partial charge in [0.15, 0.2) is 17.5 Å². The third-order valence-corrected chi connectivity index (χ3v) is 6.49. The lowest BCUT2D eigenvalue weighted by atomic mass is 9.90. The maximum Gasteiger partial charge on any atom is 0.166 e. The molecule has 0 bridgehead atoms. The molecule has 160 valence electrons. The predicted octanol–water partition coefficient (Wildman–Crippen LogP) is 3.55. The molecule has 0 aliphatic carbocycles. The van der Waals surface area contributed by atoms with E-state index in [1.165, 1.54) is 0 Å². The van der Waals surface area contributed by atoms with Gasteiger partial charge in [0, 0.05) is 23.9 Å². The molecule has 0 radical (unpaired) electrons. The molecule has 2 aliphatic heterocycles. The molecule has 6 rings (SSSR count). The Balaban J connectivity index is 1.57. The van der Waals surface area contributed by atoms with E-state index in [9.17, 15) is 0 Å². The average Bonchev–Trinajstić information content (AvgIpc) is 3.26. The van der Waals surface area contributed by atoms with Crippen LogP contribution in [0.25, 0.3) is 28.3 Å². The summed E-state index contributed by atoms with van der Waals surface area (Å²) in [6, 6.07) is 14.1. The zero-order valence-electron chi connectivity index (χ0n) is 18.1. The van der Waals surface area contributed by atoms with Gasteiger partial charge in [0.05, 0.1) is 25.1 Å². The van der Waals surface area contributed by atoms with Crippen LogP contribution in [0.15, 0.2) is 54.9 Å². The first-order valence-electron chi connectivity index (χ1n) is 10.9. The molecule has 5 heterocycles. The molecular weight excluding hydrogens is 402 g/mol. The fraction of sp³-hybridized carbons (Fsp3) is 0.292. The summed E-state index contributed by atoms with van der Waals surface area (Å²) < 4.78 is 8.01. The van der Waals surface area contributed by atoms with Crippen molar-refractivity contribution < 1.29 is 4.74 Å². The van der Waals surface area contributed by atoms with Crippen molar-refractivity contribution in [2.24, 2.45) is 0 Å². The van der Waals surface area contributed by atoms with Gasteiger partial charge in [-0.1, -0.05) is 37.3 Å². The van der Waals surface area contributed by atoms with Crippen LogP contribution >= 0.6 is 0 Å². The van der Waals surface area contributed by atoms with Gasteiger partial charge < -0.3 is 9.64 Å². The van der Waals surface area contributed by atoms with Crippen molar-refractivity contribution in [3.63, 3.8) is 0 Å². The first-order valence-corrected chi connectivity index (χ1v) is 10.9. The molecule has 0 amide bonds. The summed E-state index contributed by atoms with van der Waals surface area (Å²) in [4.78, 5) is 16.9. The van der Waals surface area contributed by atoms with Crippen LogP contribution in [0.1, 0.15) is 25.0 Å². The summed E-state index contributed by atoms with van der Waals surface area (Å²) >= 11 is 0. The summed E-state index contributed by atoms with van der Waals surface area (Å²) in [6.07, 6.45) is 4.53. The Morgan fingerprint density at radius 2 is 1.94 bits per heavy atom. The van der Waals surface area contributed by atoms with Crippen molar-refractivity contribution in [3.8, 4) is 28.3 Å². The summed E-state index contributed by atoms with van der Waals surface area (Å²) in [7, 11) is 0.